The monoisotopic (exact) mass is 567 g/mol. The van der Waals surface area contributed by atoms with E-state index in [1.54, 1.807) is 21.3 Å². The number of H-pyrrole nitrogens is 1. The lowest BCUT2D eigenvalue weighted by molar-refractivity contribution is -0.181. The highest BCUT2D eigenvalue weighted by Crippen LogP contribution is 2.75. The molecule has 2 fully saturated rings. The van der Waals surface area contributed by atoms with E-state index in [9.17, 15) is 0 Å². The zero-order valence-corrected chi connectivity index (χ0v) is 23.4. The second kappa shape index (κ2) is 8.09. The van der Waals surface area contributed by atoms with Gasteiger partial charge in [0.15, 0.2) is 11.5 Å². The summed E-state index contributed by atoms with van der Waals surface area (Å²) in [7, 11) is 5.10. The normalized spacial score (nSPS) is 32.9. The Morgan fingerprint density at radius 2 is 1.88 bits per heavy atom. The van der Waals surface area contributed by atoms with Crippen LogP contribution in [0.2, 0.25) is 0 Å². The lowest BCUT2D eigenvalue weighted by atomic mass is 9.37. The summed E-state index contributed by atoms with van der Waals surface area (Å²) in [6, 6.07) is 11.9. The summed E-state index contributed by atoms with van der Waals surface area (Å²) in [5.74, 6) is 3.67. The molecule has 6 aliphatic rings. The molecule has 0 radical (unpaired) electrons. The lowest BCUT2D eigenvalue weighted by Crippen LogP contribution is -2.79. The number of hydrogen-bond donors (Lipinski definition) is 1. The van der Waals surface area contributed by atoms with Crippen LogP contribution in [0.3, 0.4) is 0 Å². The van der Waals surface area contributed by atoms with Gasteiger partial charge < -0.3 is 28.3 Å². The van der Waals surface area contributed by atoms with E-state index in [-0.39, 0.29) is 28.9 Å². The van der Waals surface area contributed by atoms with Gasteiger partial charge in [-0.25, -0.2) is 0 Å². The van der Waals surface area contributed by atoms with Crippen molar-refractivity contribution < 1.29 is 23.4 Å². The number of nitrogens with zero attached hydrogens (tertiary/aromatic N) is 6. The van der Waals surface area contributed by atoms with Gasteiger partial charge in [-0.3, -0.25) is 0 Å². The van der Waals surface area contributed by atoms with Gasteiger partial charge in [0.1, 0.15) is 17.5 Å². The molecule has 4 aromatic rings. The van der Waals surface area contributed by atoms with Crippen molar-refractivity contribution in [3.05, 3.63) is 65.6 Å². The first-order chi connectivity index (χ1) is 20.6. The molecule has 0 unspecified atom stereocenters. The highest BCUT2D eigenvalue weighted by atomic mass is 16.6. The van der Waals surface area contributed by atoms with Crippen LogP contribution in [0.1, 0.15) is 35.8 Å². The zero-order valence-electron chi connectivity index (χ0n) is 23.4. The summed E-state index contributed by atoms with van der Waals surface area (Å²) in [4.78, 5) is 2.31. The van der Waals surface area contributed by atoms with Crippen molar-refractivity contribution in [3.8, 4) is 28.7 Å². The number of aromatic nitrogens is 6. The minimum absolute atomic E-state index is 0.0553. The molecule has 10 rings (SSSR count). The molecule has 2 aliphatic heterocycles. The Morgan fingerprint density at radius 1 is 1.00 bits per heavy atom. The fourth-order valence-corrected chi connectivity index (χ4v) is 9.01. The molecule has 42 heavy (non-hydrogen) atoms. The molecule has 2 spiro atoms. The number of tetrazole rings is 1. The topological polar surface area (TPSA) is 134 Å². The molecule has 4 heterocycles. The van der Waals surface area contributed by atoms with E-state index < -0.39 is 5.60 Å². The van der Waals surface area contributed by atoms with Gasteiger partial charge in [0.2, 0.25) is 11.8 Å². The number of rotatable bonds is 6. The van der Waals surface area contributed by atoms with E-state index in [4.69, 9.17) is 23.4 Å². The van der Waals surface area contributed by atoms with E-state index in [1.165, 1.54) is 11.1 Å². The molecule has 0 amide bonds. The number of piperidine rings is 1. The summed E-state index contributed by atoms with van der Waals surface area (Å²) in [5.41, 5.74) is 1.83. The minimum Gasteiger partial charge on any atom is -0.497 e. The van der Waals surface area contributed by atoms with Crippen molar-refractivity contribution in [2.75, 3.05) is 32.8 Å². The van der Waals surface area contributed by atoms with Crippen molar-refractivity contribution in [2.24, 2.45) is 5.41 Å². The van der Waals surface area contributed by atoms with Crippen LogP contribution in [0.4, 0.5) is 5.95 Å². The van der Waals surface area contributed by atoms with Gasteiger partial charge in [0.25, 0.3) is 5.95 Å². The number of methoxy groups -OCH3 is 3. The molecular weight excluding hydrogens is 538 g/mol. The Balaban J connectivity index is 1.23. The van der Waals surface area contributed by atoms with Crippen molar-refractivity contribution in [1.82, 2.24) is 30.8 Å². The molecule has 12 heteroatoms. The molecule has 4 bridgehead atoms. The third-order valence-corrected chi connectivity index (χ3v) is 10.7. The third-order valence-electron chi connectivity index (χ3n) is 10.7. The molecule has 6 atom stereocenters. The first kappa shape index (κ1) is 24.2. The molecule has 1 saturated carbocycles. The van der Waals surface area contributed by atoms with Gasteiger partial charge in [-0.2, -0.15) is 5.21 Å². The molecular formula is C30H29N7O5. The predicted octanol–water partition coefficient (Wildman–Crippen LogP) is 3.23. The summed E-state index contributed by atoms with van der Waals surface area (Å²) in [5, 5.41) is 24.4. The third kappa shape index (κ3) is 2.65. The number of hydrogen-bond acceptors (Lipinski definition) is 11. The van der Waals surface area contributed by atoms with Crippen molar-refractivity contribution in [1.29, 1.82) is 0 Å². The zero-order chi connectivity index (χ0) is 28.3. The number of fused-ring (bicyclic) bond motifs is 1. The summed E-state index contributed by atoms with van der Waals surface area (Å²) in [6.07, 6.45) is 6.61. The molecule has 1 saturated heterocycles. The Morgan fingerprint density at radius 3 is 2.64 bits per heavy atom. The van der Waals surface area contributed by atoms with Crippen LogP contribution in [-0.2, 0) is 16.6 Å². The van der Waals surface area contributed by atoms with Crippen LogP contribution >= 0.6 is 0 Å². The highest BCUT2D eigenvalue weighted by molar-refractivity contribution is 5.67. The first-order valence-corrected chi connectivity index (χ1v) is 14.2. The Labute approximate surface area is 241 Å². The van der Waals surface area contributed by atoms with Crippen LogP contribution in [0.25, 0.3) is 11.5 Å². The van der Waals surface area contributed by atoms with Gasteiger partial charge in [0.05, 0.1) is 25.6 Å². The summed E-state index contributed by atoms with van der Waals surface area (Å²) in [6.45, 7) is 0.766. The van der Waals surface area contributed by atoms with Crippen LogP contribution in [0.5, 0.6) is 17.2 Å². The maximum Gasteiger partial charge on any atom is 0.266 e. The van der Waals surface area contributed by atoms with E-state index in [2.05, 4.69) is 53.9 Å². The molecule has 1 N–H and O–H groups in total. The number of ether oxygens (including phenoxy) is 4. The molecule has 2 aromatic heterocycles. The smallest absolute Gasteiger partial charge is 0.266 e. The molecule has 4 aliphatic carbocycles. The SMILES string of the molecule is COc1ccc(-c2nnc([C@@H]3C[C@@]45C=C[C@]3(OC)[C@H]3Oc6c(OC)ccc7c6[C@@]34CCN(c3nn[nH]n3)[C@@H]5C7)o2)cc1. The van der Waals surface area contributed by atoms with Crippen LogP contribution in [0, 0.1) is 5.41 Å². The van der Waals surface area contributed by atoms with E-state index >= 15 is 0 Å². The lowest BCUT2D eigenvalue weighted by Gasteiger charge is -2.70. The maximum absolute atomic E-state index is 7.04. The fraction of sp³-hybridized carbons (Fsp3) is 0.433. The standard InChI is InChI=1S/C30H29N7O5/c1-38-18-7-4-16(5-8-18)24-31-32-25(42-24)19-15-28-10-11-30(19,40-3)26-29(28)12-13-37(27-33-35-36-34-27)21(28)14-17-6-9-20(39-2)23(41-26)22(17)29/h4-11,19,21,26H,12-15H2,1-3H3,(H,33,34,35,36)/t19-,21+,26-,28+,29-,30+/m0/s1. The second-order valence-corrected chi connectivity index (χ2v) is 11.8. The Bertz CT molecular complexity index is 1740. The maximum atomic E-state index is 7.04. The van der Waals surface area contributed by atoms with Crippen molar-refractivity contribution >= 4 is 5.95 Å². The minimum atomic E-state index is -0.830. The van der Waals surface area contributed by atoms with Gasteiger partial charge in [-0.1, -0.05) is 23.3 Å². The average Bonchev–Trinajstić information content (AvgIpc) is 3.81. The largest absolute Gasteiger partial charge is 0.497 e. The number of anilines is 1. The summed E-state index contributed by atoms with van der Waals surface area (Å²) < 4.78 is 31.2. The van der Waals surface area contributed by atoms with Crippen molar-refractivity contribution in [2.45, 2.75) is 48.3 Å². The highest BCUT2D eigenvalue weighted by Gasteiger charge is 2.80. The Hall–Kier alpha value is -4.45. The number of aromatic amines is 1. The van der Waals surface area contributed by atoms with E-state index in [1.807, 2.05) is 30.3 Å². The van der Waals surface area contributed by atoms with E-state index in [0.29, 0.717) is 17.7 Å². The number of nitrogens with one attached hydrogen (secondary N) is 1. The van der Waals surface area contributed by atoms with Gasteiger partial charge in [0, 0.05) is 36.2 Å². The van der Waals surface area contributed by atoms with Crippen LogP contribution in [0.15, 0.2) is 53.0 Å². The average molecular weight is 568 g/mol. The number of benzene rings is 2. The van der Waals surface area contributed by atoms with Crippen LogP contribution in [-0.4, -0.2) is 76.4 Å². The quantitative estimate of drug-likeness (QED) is 0.344. The molecule has 214 valence electrons. The molecule has 12 nitrogen and oxygen atoms in total. The predicted molar refractivity (Wildman–Crippen MR) is 148 cm³/mol. The van der Waals surface area contributed by atoms with Gasteiger partial charge in [-0.05, 0) is 60.4 Å². The summed E-state index contributed by atoms with van der Waals surface area (Å²) >= 11 is 0. The fourth-order valence-electron chi connectivity index (χ4n) is 9.01. The molecule has 2 aromatic carbocycles. The first-order valence-electron chi connectivity index (χ1n) is 14.2. The van der Waals surface area contributed by atoms with Gasteiger partial charge >= 0.3 is 0 Å². The van der Waals surface area contributed by atoms with Crippen molar-refractivity contribution in [3.63, 3.8) is 0 Å². The van der Waals surface area contributed by atoms with Crippen LogP contribution < -0.4 is 19.1 Å². The Kier molecular flexibility index (Phi) is 4.66. The second-order valence-electron chi connectivity index (χ2n) is 11.8. The van der Waals surface area contributed by atoms with E-state index in [0.717, 1.165) is 48.6 Å². The van der Waals surface area contributed by atoms with Gasteiger partial charge in [-0.15, -0.1) is 15.3 Å².